The Morgan fingerprint density at radius 1 is 1.23 bits per heavy atom. The predicted octanol–water partition coefficient (Wildman–Crippen LogP) is 2.74. The topological polar surface area (TPSA) is 68.0 Å². The minimum absolute atomic E-state index is 0. The molecule has 3 N–H and O–H groups in total. The highest BCUT2D eigenvalue weighted by molar-refractivity contribution is 5.93. The monoisotopic (exact) mass is 317 g/mol. The molecule has 0 saturated carbocycles. The number of benzene rings is 1. The third-order valence-corrected chi connectivity index (χ3v) is 3.93. The summed E-state index contributed by atoms with van der Waals surface area (Å²) >= 11 is 0. The summed E-state index contributed by atoms with van der Waals surface area (Å²) in [5, 5.41) is 3.42. The number of hydrogen-bond donors (Lipinski definition) is 2. The van der Waals surface area contributed by atoms with E-state index in [1.807, 2.05) is 24.3 Å². The molecule has 3 rings (SSSR count). The molecule has 1 aliphatic heterocycles. The van der Waals surface area contributed by atoms with E-state index in [4.69, 9.17) is 10.7 Å². The van der Waals surface area contributed by atoms with E-state index in [9.17, 15) is 4.79 Å². The lowest BCUT2D eigenvalue weighted by molar-refractivity contribution is 0.100. The maximum atomic E-state index is 11.3. The molecule has 0 spiro atoms. The van der Waals surface area contributed by atoms with Gasteiger partial charge in [0.2, 0.25) is 5.91 Å². The molecule has 1 saturated heterocycles. The van der Waals surface area contributed by atoms with Crippen LogP contribution in [0.5, 0.6) is 0 Å². The van der Waals surface area contributed by atoms with Gasteiger partial charge in [-0.2, -0.15) is 0 Å². The molecule has 5 heteroatoms. The number of amides is 1. The van der Waals surface area contributed by atoms with Crippen LogP contribution in [0.2, 0.25) is 0 Å². The second-order valence-electron chi connectivity index (χ2n) is 5.44. The van der Waals surface area contributed by atoms with Gasteiger partial charge in [0.05, 0.1) is 5.69 Å². The van der Waals surface area contributed by atoms with Crippen molar-refractivity contribution in [1.29, 1.82) is 0 Å². The number of nitrogens with zero attached hydrogens (tertiary/aromatic N) is 1. The molecule has 1 aromatic carbocycles. The van der Waals surface area contributed by atoms with E-state index in [1.54, 1.807) is 12.1 Å². The predicted molar refractivity (Wildman–Crippen MR) is 90.3 cm³/mol. The van der Waals surface area contributed by atoms with Gasteiger partial charge in [0, 0.05) is 29.3 Å². The van der Waals surface area contributed by atoms with Crippen molar-refractivity contribution in [2.75, 3.05) is 13.1 Å². The van der Waals surface area contributed by atoms with Crippen LogP contribution in [0.1, 0.15) is 34.8 Å². The zero-order valence-electron chi connectivity index (χ0n) is 12.3. The van der Waals surface area contributed by atoms with Gasteiger partial charge in [-0.15, -0.1) is 12.4 Å². The van der Waals surface area contributed by atoms with Crippen molar-refractivity contribution in [2.24, 2.45) is 5.73 Å². The molecular formula is C17H20ClN3O. The standard InChI is InChI=1S/C17H19N3O.ClH/c18-17(21)13-5-1-4-12(10-13)15-7-2-8-16(20-15)14-6-3-9-19-11-14;/h1-2,4-5,7-8,10,14,19H,3,6,9,11H2,(H2,18,21);1H. The zero-order chi connectivity index (χ0) is 14.7. The minimum atomic E-state index is -0.413. The van der Waals surface area contributed by atoms with Gasteiger partial charge in [-0.25, -0.2) is 0 Å². The van der Waals surface area contributed by atoms with Gasteiger partial charge in [-0.1, -0.05) is 18.2 Å². The number of aromatic nitrogens is 1. The second-order valence-corrected chi connectivity index (χ2v) is 5.44. The molecule has 1 atom stereocenters. The maximum Gasteiger partial charge on any atom is 0.248 e. The average molecular weight is 318 g/mol. The Kier molecular flexibility index (Phi) is 5.52. The highest BCUT2D eigenvalue weighted by atomic mass is 35.5. The summed E-state index contributed by atoms with van der Waals surface area (Å²) in [4.78, 5) is 16.1. The Labute approximate surface area is 136 Å². The number of halogens is 1. The fraction of sp³-hybridized carbons (Fsp3) is 0.294. The fourth-order valence-corrected chi connectivity index (χ4v) is 2.78. The van der Waals surface area contributed by atoms with Crippen molar-refractivity contribution in [3.05, 3.63) is 53.7 Å². The van der Waals surface area contributed by atoms with Crippen LogP contribution in [-0.4, -0.2) is 24.0 Å². The van der Waals surface area contributed by atoms with E-state index in [1.165, 1.54) is 12.8 Å². The summed E-state index contributed by atoms with van der Waals surface area (Å²) in [7, 11) is 0. The molecule has 0 aliphatic carbocycles. The molecule has 4 nitrogen and oxygen atoms in total. The third kappa shape index (κ3) is 3.64. The molecule has 1 unspecified atom stereocenters. The molecule has 0 radical (unpaired) electrons. The Bertz CT molecular complexity index is 654. The van der Waals surface area contributed by atoms with Crippen LogP contribution >= 0.6 is 12.4 Å². The summed E-state index contributed by atoms with van der Waals surface area (Å²) in [6.45, 7) is 2.08. The molecule has 1 fully saturated rings. The maximum absolute atomic E-state index is 11.3. The molecule has 1 aromatic heterocycles. The van der Waals surface area contributed by atoms with Crippen molar-refractivity contribution in [1.82, 2.24) is 10.3 Å². The smallest absolute Gasteiger partial charge is 0.248 e. The van der Waals surface area contributed by atoms with Gasteiger partial charge < -0.3 is 11.1 Å². The number of carbonyl (C=O) groups is 1. The number of hydrogen-bond acceptors (Lipinski definition) is 3. The molecule has 2 heterocycles. The quantitative estimate of drug-likeness (QED) is 0.914. The van der Waals surface area contributed by atoms with Crippen LogP contribution < -0.4 is 11.1 Å². The van der Waals surface area contributed by atoms with Gasteiger partial charge in [0.1, 0.15) is 0 Å². The van der Waals surface area contributed by atoms with Crippen molar-refractivity contribution >= 4 is 18.3 Å². The van der Waals surface area contributed by atoms with Crippen molar-refractivity contribution < 1.29 is 4.79 Å². The molecular weight excluding hydrogens is 298 g/mol. The number of rotatable bonds is 3. The van der Waals surface area contributed by atoms with E-state index in [0.29, 0.717) is 11.5 Å². The molecule has 0 bridgehead atoms. The lowest BCUT2D eigenvalue weighted by Crippen LogP contribution is -2.28. The number of primary amides is 1. The molecule has 116 valence electrons. The van der Waals surface area contributed by atoms with Gasteiger partial charge in [-0.3, -0.25) is 9.78 Å². The van der Waals surface area contributed by atoms with E-state index in [0.717, 1.165) is 30.0 Å². The first-order valence-corrected chi connectivity index (χ1v) is 7.32. The lowest BCUT2D eigenvalue weighted by Gasteiger charge is -2.22. The minimum Gasteiger partial charge on any atom is -0.366 e. The van der Waals surface area contributed by atoms with Crippen LogP contribution in [0.4, 0.5) is 0 Å². The Balaban J connectivity index is 0.00000176. The van der Waals surface area contributed by atoms with Gasteiger partial charge in [0.15, 0.2) is 0 Å². The van der Waals surface area contributed by atoms with Crippen molar-refractivity contribution in [3.8, 4) is 11.3 Å². The SMILES string of the molecule is Cl.NC(=O)c1cccc(-c2cccc(C3CCCNC3)n2)c1. The first-order valence-electron chi connectivity index (χ1n) is 7.32. The number of carbonyl (C=O) groups excluding carboxylic acids is 1. The molecule has 1 amide bonds. The second kappa shape index (κ2) is 7.38. The fourth-order valence-electron chi connectivity index (χ4n) is 2.78. The first kappa shape index (κ1) is 16.5. The van der Waals surface area contributed by atoms with Crippen LogP contribution in [0.3, 0.4) is 0 Å². The normalized spacial score (nSPS) is 17.5. The van der Waals surface area contributed by atoms with Gasteiger partial charge in [0.25, 0.3) is 0 Å². The van der Waals surface area contributed by atoms with Gasteiger partial charge >= 0.3 is 0 Å². The number of piperidine rings is 1. The molecule has 1 aliphatic rings. The zero-order valence-corrected chi connectivity index (χ0v) is 13.1. The van der Waals surface area contributed by atoms with Crippen LogP contribution in [0.25, 0.3) is 11.3 Å². The number of pyridine rings is 1. The highest BCUT2D eigenvalue weighted by Gasteiger charge is 2.16. The largest absolute Gasteiger partial charge is 0.366 e. The highest BCUT2D eigenvalue weighted by Crippen LogP contribution is 2.25. The summed E-state index contributed by atoms with van der Waals surface area (Å²) < 4.78 is 0. The Morgan fingerprint density at radius 2 is 2.05 bits per heavy atom. The third-order valence-electron chi connectivity index (χ3n) is 3.93. The molecule has 22 heavy (non-hydrogen) atoms. The number of nitrogens with one attached hydrogen (secondary N) is 1. The van der Waals surface area contributed by atoms with Crippen LogP contribution in [0.15, 0.2) is 42.5 Å². The summed E-state index contributed by atoms with van der Waals surface area (Å²) in [6, 6.07) is 13.4. The van der Waals surface area contributed by atoms with Crippen LogP contribution in [-0.2, 0) is 0 Å². The Morgan fingerprint density at radius 3 is 2.77 bits per heavy atom. The summed E-state index contributed by atoms with van der Waals surface area (Å²) in [5.74, 6) is 0.0579. The Hall–Kier alpha value is -1.91. The summed E-state index contributed by atoms with van der Waals surface area (Å²) in [6.07, 6.45) is 2.36. The van der Waals surface area contributed by atoms with E-state index in [2.05, 4.69) is 11.4 Å². The average Bonchev–Trinajstić information content (AvgIpc) is 2.56. The lowest BCUT2D eigenvalue weighted by atomic mass is 9.95. The first-order chi connectivity index (χ1) is 10.2. The van der Waals surface area contributed by atoms with E-state index < -0.39 is 5.91 Å². The summed E-state index contributed by atoms with van der Waals surface area (Å²) in [5.41, 5.74) is 8.79. The molecule has 2 aromatic rings. The van der Waals surface area contributed by atoms with Crippen LogP contribution in [0, 0.1) is 0 Å². The van der Waals surface area contributed by atoms with Crippen molar-refractivity contribution in [2.45, 2.75) is 18.8 Å². The number of nitrogens with two attached hydrogens (primary N) is 1. The van der Waals surface area contributed by atoms with Crippen molar-refractivity contribution in [3.63, 3.8) is 0 Å². The van der Waals surface area contributed by atoms with Gasteiger partial charge in [-0.05, 0) is 43.7 Å². The van der Waals surface area contributed by atoms with E-state index in [-0.39, 0.29) is 12.4 Å². The van der Waals surface area contributed by atoms with E-state index >= 15 is 0 Å².